The average molecular weight is 465 g/mol. The zero-order valence-electron chi connectivity index (χ0n) is 17.7. The molecule has 1 amide bonds. The third-order valence-corrected chi connectivity index (χ3v) is 5.67. The van der Waals surface area contributed by atoms with Crippen LogP contribution in [0, 0.1) is 0 Å². The molecule has 32 heavy (non-hydrogen) atoms. The fraction of sp³-hybridized carbons (Fsp3) is 0.261. The first-order valence-corrected chi connectivity index (χ1v) is 11.8. The van der Waals surface area contributed by atoms with Gasteiger partial charge in [0.05, 0.1) is 23.5 Å². The lowest BCUT2D eigenvalue weighted by atomic mass is 10.0. The molecule has 3 rings (SSSR count). The van der Waals surface area contributed by atoms with Gasteiger partial charge in [0.1, 0.15) is 0 Å². The van der Waals surface area contributed by atoms with E-state index in [9.17, 15) is 26.4 Å². The van der Waals surface area contributed by atoms with Crippen molar-refractivity contribution in [2.24, 2.45) is 0 Å². The van der Waals surface area contributed by atoms with Gasteiger partial charge >= 0.3 is 6.18 Å². The van der Waals surface area contributed by atoms with Crippen molar-refractivity contribution in [3.63, 3.8) is 0 Å². The standard InChI is InChI=1S/C23H23F3N2O3S/c1-4-15-11-16(8-10-21(15)28-32(3,30)31)14(2)27-22(29)19-6-5-18-13-20(23(24,25)26)9-7-17(18)12-19/h5-14,28H,4H2,1-3H3,(H,27,29)/t14-/m1/s1. The predicted molar refractivity (Wildman–Crippen MR) is 119 cm³/mol. The fourth-order valence-electron chi connectivity index (χ4n) is 3.40. The molecule has 3 aromatic rings. The molecule has 5 nitrogen and oxygen atoms in total. The number of fused-ring (bicyclic) bond motifs is 1. The number of halogens is 3. The average Bonchev–Trinajstić information content (AvgIpc) is 2.71. The van der Waals surface area contributed by atoms with Gasteiger partial charge in [0.25, 0.3) is 5.91 Å². The van der Waals surface area contributed by atoms with E-state index in [4.69, 9.17) is 0 Å². The minimum Gasteiger partial charge on any atom is -0.346 e. The number of anilines is 1. The van der Waals surface area contributed by atoms with Crippen molar-refractivity contribution in [1.29, 1.82) is 0 Å². The fourth-order valence-corrected chi connectivity index (χ4v) is 4.00. The van der Waals surface area contributed by atoms with Gasteiger partial charge in [-0.25, -0.2) is 8.42 Å². The minimum absolute atomic E-state index is 0.329. The Morgan fingerprint density at radius 2 is 1.66 bits per heavy atom. The molecule has 0 bridgehead atoms. The van der Waals surface area contributed by atoms with Crippen molar-refractivity contribution in [1.82, 2.24) is 5.32 Å². The van der Waals surface area contributed by atoms with Crippen molar-refractivity contribution >= 4 is 32.4 Å². The number of hydrogen-bond acceptors (Lipinski definition) is 3. The molecule has 0 heterocycles. The van der Waals surface area contributed by atoms with Crippen LogP contribution in [-0.2, 0) is 22.6 Å². The highest BCUT2D eigenvalue weighted by Crippen LogP contribution is 2.31. The number of carbonyl (C=O) groups is 1. The summed E-state index contributed by atoms with van der Waals surface area (Å²) in [4.78, 5) is 12.7. The Morgan fingerprint density at radius 3 is 2.28 bits per heavy atom. The Labute approximate surface area is 184 Å². The number of amides is 1. The highest BCUT2D eigenvalue weighted by atomic mass is 32.2. The second-order valence-corrected chi connectivity index (χ2v) is 9.36. The number of alkyl halides is 3. The van der Waals surface area contributed by atoms with Gasteiger partial charge in [-0.3, -0.25) is 9.52 Å². The Kier molecular flexibility index (Phi) is 6.50. The molecule has 3 aromatic carbocycles. The molecular formula is C23H23F3N2O3S. The summed E-state index contributed by atoms with van der Waals surface area (Å²) in [5, 5.41) is 3.80. The molecule has 0 aromatic heterocycles. The van der Waals surface area contributed by atoms with E-state index in [0.717, 1.165) is 29.5 Å². The topological polar surface area (TPSA) is 75.3 Å². The second-order valence-electron chi connectivity index (χ2n) is 7.61. The molecule has 0 aliphatic heterocycles. The first kappa shape index (κ1) is 23.6. The van der Waals surface area contributed by atoms with Crippen LogP contribution in [0.4, 0.5) is 18.9 Å². The number of nitrogens with one attached hydrogen (secondary N) is 2. The summed E-state index contributed by atoms with van der Waals surface area (Å²) in [6, 6.07) is 12.8. The van der Waals surface area contributed by atoms with E-state index in [0.29, 0.717) is 28.4 Å². The van der Waals surface area contributed by atoms with Gasteiger partial charge in [0.15, 0.2) is 0 Å². The smallest absolute Gasteiger partial charge is 0.346 e. The number of hydrogen-bond donors (Lipinski definition) is 2. The van der Waals surface area contributed by atoms with Crippen molar-refractivity contribution in [3.05, 3.63) is 76.9 Å². The molecule has 170 valence electrons. The second kappa shape index (κ2) is 8.82. The van der Waals surface area contributed by atoms with Gasteiger partial charge in [-0.15, -0.1) is 0 Å². The Bertz CT molecular complexity index is 1270. The zero-order chi connectivity index (χ0) is 23.7. The van der Waals surface area contributed by atoms with Gasteiger partial charge in [0.2, 0.25) is 10.0 Å². The van der Waals surface area contributed by atoms with E-state index in [1.165, 1.54) is 18.2 Å². The van der Waals surface area contributed by atoms with E-state index in [2.05, 4.69) is 10.0 Å². The molecule has 0 aliphatic rings. The van der Waals surface area contributed by atoms with Crippen LogP contribution < -0.4 is 10.0 Å². The first-order valence-electron chi connectivity index (χ1n) is 9.90. The van der Waals surface area contributed by atoms with E-state index >= 15 is 0 Å². The molecule has 0 saturated carbocycles. The van der Waals surface area contributed by atoms with Crippen molar-refractivity contribution in [2.75, 3.05) is 11.0 Å². The molecule has 0 fully saturated rings. The van der Waals surface area contributed by atoms with Gasteiger partial charge in [-0.1, -0.05) is 31.2 Å². The Hall–Kier alpha value is -3.07. The van der Waals surface area contributed by atoms with Crippen molar-refractivity contribution in [2.45, 2.75) is 32.5 Å². The number of sulfonamides is 1. The van der Waals surface area contributed by atoms with Crippen molar-refractivity contribution < 1.29 is 26.4 Å². The maximum Gasteiger partial charge on any atom is 0.416 e. The summed E-state index contributed by atoms with van der Waals surface area (Å²) in [7, 11) is -3.41. The lowest BCUT2D eigenvalue weighted by Crippen LogP contribution is -2.26. The molecule has 0 saturated heterocycles. The Morgan fingerprint density at radius 1 is 1.00 bits per heavy atom. The maximum atomic E-state index is 12.9. The largest absolute Gasteiger partial charge is 0.416 e. The normalized spacial score (nSPS) is 13.1. The van der Waals surface area contributed by atoms with Crippen LogP contribution >= 0.6 is 0 Å². The zero-order valence-corrected chi connectivity index (χ0v) is 18.6. The lowest BCUT2D eigenvalue weighted by molar-refractivity contribution is -0.137. The summed E-state index contributed by atoms with van der Waals surface area (Å²) in [6.45, 7) is 3.70. The summed E-state index contributed by atoms with van der Waals surface area (Å²) >= 11 is 0. The lowest BCUT2D eigenvalue weighted by Gasteiger charge is -2.18. The van der Waals surface area contributed by atoms with Gasteiger partial charge in [-0.05, 0) is 65.6 Å². The van der Waals surface area contributed by atoms with E-state index in [-0.39, 0.29) is 11.9 Å². The summed E-state index contributed by atoms with van der Waals surface area (Å²) < 4.78 is 64.2. The molecule has 9 heteroatoms. The third kappa shape index (κ3) is 5.59. The predicted octanol–water partition coefficient (Wildman–Crippen LogP) is 5.28. The van der Waals surface area contributed by atoms with Crippen LogP contribution in [0.2, 0.25) is 0 Å². The third-order valence-electron chi connectivity index (χ3n) is 5.08. The van der Waals surface area contributed by atoms with Gasteiger partial charge in [-0.2, -0.15) is 13.2 Å². The highest BCUT2D eigenvalue weighted by Gasteiger charge is 2.30. The highest BCUT2D eigenvalue weighted by molar-refractivity contribution is 7.92. The van der Waals surface area contributed by atoms with Gasteiger partial charge in [0, 0.05) is 5.56 Å². The van der Waals surface area contributed by atoms with E-state index < -0.39 is 21.8 Å². The summed E-state index contributed by atoms with van der Waals surface area (Å²) in [6.07, 6.45) is -2.75. The van der Waals surface area contributed by atoms with Crippen LogP contribution in [0.5, 0.6) is 0 Å². The van der Waals surface area contributed by atoms with Crippen LogP contribution in [-0.4, -0.2) is 20.6 Å². The quantitative estimate of drug-likeness (QED) is 0.521. The monoisotopic (exact) mass is 464 g/mol. The van der Waals surface area contributed by atoms with Crippen LogP contribution in [0.1, 0.15) is 46.9 Å². The van der Waals surface area contributed by atoms with Gasteiger partial charge < -0.3 is 5.32 Å². The molecule has 0 spiro atoms. The Balaban J connectivity index is 1.79. The minimum atomic E-state index is -4.43. The van der Waals surface area contributed by atoms with E-state index in [1.54, 1.807) is 25.1 Å². The van der Waals surface area contributed by atoms with E-state index in [1.807, 2.05) is 13.0 Å². The van der Waals surface area contributed by atoms with Crippen LogP contribution in [0.25, 0.3) is 10.8 Å². The molecular weight excluding hydrogens is 441 g/mol. The number of rotatable bonds is 6. The number of carbonyl (C=O) groups excluding carboxylic acids is 1. The molecule has 0 radical (unpaired) electrons. The van der Waals surface area contributed by atoms with Crippen LogP contribution in [0.15, 0.2) is 54.6 Å². The first-order chi connectivity index (χ1) is 14.9. The number of benzene rings is 3. The SMILES string of the molecule is CCc1cc([C@@H](C)NC(=O)c2ccc3cc(C(F)(F)F)ccc3c2)ccc1NS(C)(=O)=O. The number of aryl methyl sites for hydroxylation is 1. The van der Waals surface area contributed by atoms with Crippen molar-refractivity contribution in [3.8, 4) is 0 Å². The van der Waals surface area contributed by atoms with Crippen LogP contribution in [0.3, 0.4) is 0 Å². The summed E-state index contributed by atoms with van der Waals surface area (Å²) in [5.74, 6) is -0.365. The molecule has 0 aliphatic carbocycles. The molecule has 2 N–H and O–H groups in total. The molecule has 1 atom stereocenters. The molecule has 0 unspecified atom stereocenters. The summed E-state index contributed by atoms with van der Waals surface area (Å²) in [5.41, 5.74) is 1.67. The maximum absolute atomic E-state index is 12.9.